The van der Waals surface area contributed by atoms with E-state index in [9.17, 15) is 19.8 Å². The zero-order chi connectivity index (χ0) is 31.7. The molecular formula is C37H42N2O6S. The van der Waals surface area contributed by atoms with Gasteiger partial charge in [0.25, 0.3) is 0 Å². The van der Waals surface area contributed by atoms with E-state index in [-0.39, 0.29) is 35.9 Å². The van der Waals surface area contributed by atoms with Crippen molar-refractivity contribution in [2.45, 2.75) is 87.0 Å². The first-order chi connectivity index (χ1) is 22.3. The molecule has 3 aromatic carbocycles. The smallest absolute Gasteiger partial charge is 0.335 e. The number of aliphatic hydroxyl groups excluding tert-OH is 1. The standard InChI is InChI=1S/C37H42N2O6S/c40-21-24-3-5-28(6-4-24)33-16-31(22-46-32-11-9-29(10-12-32)34(41)42)44-35(45-33)30-7-1-23(2-8-30)20-38-36(43)39-37-17-25-13-26(18-37)15-27(14-25)19-37/h1-12,25-27,31,33,35,40H,13-22H2,(H,41,42)(H2,38,39,43)/t25?,26?,27?,31-,33+,35+,37?/m1/s1. The van der Waals surface area contributed by atoms with Crippen molar-refractivity contribution in [1.29, 1.82) is 0 Å². The van der Waals surface area contributed by atoms with Gasteiger partial charge in [-0.3, -0.25) is 0 Å². The number of carbonyl (C=O) groups excluding carboxylic acids is 1. The van der Waals surface area contributed by atoms with Crippen LogP contribution < -0.4 is 10.6 Å². The third kappa shape index (κ3) is 7.13. The Morgan fingerprint density at radius 2 is 1.39 bits per heavy atom. The number of benzene rings is 3. The van der Waals surface area contributed by atoms with E-state index < -0.39 is 12.3 Å². The van der Waals surface area contributed by atoms with Crippen LogP contribution in [0, 0.1) is 17.8 Å². The number of nitrogens with one attached hydrogen (secondary N) is 2. The van der Waals surface area contributed by atoms with Crippen molar-refractivity contribution in [1.82, 2.24) is 10.6 Å². The molecule has 5 aliphatic rings. The fourth-order valence-corrected chi connectivity index (χ4v) is 9.35. The van der Waals surface area contributed by atoms with Gasteiger partial charge >= 0.3 is 12.0 Å². The van der Waals surface area contributed by atoms with E-state index in [4.69, 9.17) is 9.47 Å². The molecule has 3 atom stereocenters. The third-order valence-corrected chi connectivity index (χ3v) is 11.4. The van der Waals surface area contributed by atoms with Crippen LogP contribution in [-0.2, 0) is 22.6 Å². The minimum Gasteiger partial charge on any atom is -0.478 e. The minimum atomic E-state index is -0.940. The van der Waals surface area contributed by atoms with Crippen LogP contribution in [0.25, 0.3) is 0 Å². The molecule has 8 nitrogen and oxygen atoms in total. The van der Waals surface area contributed by atoms with Crippen molar-refractivity contribution in [2.24, 2.45) is 17.8 Å². The number of amides is 2. The highest BCUT2D eigenvalue weighted by atomic mass is 32.2. The summed E-state index contributed by atoms with van der Waals surface area (Å²) in [5.41, 5.74) is 4.04. The molecule has 46 heavy (non-hydrogen) atoms. The lowest BCUT2D eigenvalue weighted by atomic mass is 9.53. The number of thioether (sulfide) groups is 1. The Kier molecular flexibility index (Phi) is 9.10. The van der Waals surface area contributed by atoms with E-state index in [1.165, 1.54) is 19.3 Å². The molecule has 5 fully saturated rings. The van der Waals surface area contributed by atoms with Crippen molar-refractivity contribution in [3.05, 3.63) is 101 Å². The van der Waals surface area contributed by atoms with Crippen molar-refractivity contribution in [2.75, 3.05) is 5.75 Å². The van der Waals surface area contributed by atoms with Crippen LogP contribution in [0.2, 0.25) is 0 Å². The summed E-state index contributed by atoms with van der Waals surface area (Å²) in [6.45, 7) is 0.438. The molecule has 0 radical (unpaired) electrons. The lowest BCUT2D eigenvalue weighted by molar-refractivity contribution is -0.245. The topological polar surface area (TPSA) is 117 Å². The monoisotopic (exact) mass is 642 g/mol. The summed E-state index contributed by atoms with van der Waals surface area (Å²) in [6, 6.07) is 22.7. The number of rotatable bonds is 10. The summed E-state index contributed by atoms with van der Waals surface area (Å²) in [5, 5.41) is 25.2. The average molecular weight is 643 g/mol. The summed E-state index contributed by atoms with van der Waals surface area (Å²) < 4.78 is 13.0. The molecule has 1 heterocycles. The second-order valence-electron chi connectivity index (χ2n) is 13.7. The molecular weight excluding hydrogens is 600 g/mol. The summed E-state index contributed by atoms with van der Waals surface area (Å²) in [6.07, 6.45) is 7.23. The number of carboxylic acid groups (broad SMARTS) is 1. The number of carbonyl (C=O) groups is 2. The molecule has 4 N–H and O–H groups in total. The molecule has 4 bridgehead atoms. The Bertz CT molecular complexity index is 1490. The van der Waals surface area contributed by atoms with Gasteiger partial charge in [0.2, 0.25) is 0 Å². The van der Waals surface area contributed by atoms with Gasteiger partial charge < -0.3 is 30.3 Å². The Balaban J connectivity index is 0.984. The summed E-state index contributed by atoms with van der Waals surface area (Å²) in [4.78, 5) is 25.2. The van der Waals surface area contributed by atoms with Crippen LogP contribution in [0.1, 0.15) is 90.0 Å². The maximum atomic E-state index is 13.0. The molecule has 4 aliphatic carbocycles. The van der Waals surface area contributed by atoms with E-state index in [2.05, 4.69) is 10.6 Å². The quantitative estimate of drug-likeness (QED) is 0.176. The first kappa shape index (κ1) is 31.2. The Hall–Kier alpha value is -3.37. The van der Waals surface area contributed by atoms with Gasteiger partial charge in [0.1, 0.15) is 0 Å². The molecule has 242 valence electrons. The maximum Gasteiger partial charge on any atom is 0.335 e. The fourth-order valence-electron chi connectivity index (χ4n) is 8.43. The Labute approximate surface area is 274 Å². The largest absolute Gasteiger partial charge is 0.478 e. The predicted molar refractivity (Wildman–Crippen MR) is 175 cm³/mol. The fraction of sp³-hybridized carbons (Fsp3) is 0.459. The molecule has 0 spiro atoms. The number of hydrogen-bond acceptors (Lipinski definition) is 6. The molecule has 0 aromatic heterocycles. The Morgan fingerprint density at radius 1 is 0.783 bits per heavy atom. The van der Waals surface area contributed by atoms with Crippen molar-refractivity contribution >= 4 is 23.8 Å². The normalized spacial score (nSPS) is 29.8. The van der Waals surface area contributed by atoms with Crippen LogP contribution >= 0.6 is 11.8 Å². The lowest BCUT2D eigenvalue weighted by Gasteiger charge is -2.56. The van der Waals surface area contributed by atoms with Gasteiger partial charge in [-0.1, -0.05) is 48.5 Å². The number of carboxylic acids is 1. The number of aliphatic hydroxyl groups is 1. The molecule has 1 aliphatic heterocycles. The molecule has 2 amide bonds. The van der Waals surface area contributed by atoms with E-state index in [1.807, 2.05) is 60.7 Å². The molecule has 8 rings (SSSR count). The summed E-state index contributed by atoms with van der Waals surface area (Å²) >= 11 is 1.63. The second kappa shape index (κ2) is 13.4. The molecule has 9 heteroatoms. The zero-order valence-electron chi connectivity index (χ0n) is 25.9. The zero-order valence-corrected chi connectivity index (χ0v) is 26.7. The molecule has 1 saturated heterocycles. The van der Waals surface area contributed by atoms with Crippen LogP contribution in [0.3, 0.4) is 0 Å². The van der Waals surface area contributed by atoms with Gasteiger partial charge in [-0.25, -0.2) is 9.59 Å². The van der Waals surface area contributed by atoms with E-state index in [0.29, 0.717) is 18.7 Å². The van der Waals surface area contributed by atoms with Gasteiger partial charge in [0, 0.05) is 34.7 Å². The molecule has 3 aromatic rings. The summed E-state index contributed by atoms with van der Waals surface area (Å²) in [5.74, 6) is 2.09. The number of ether oxygens (including phenoxy) is 2. The second-order valence-corrected chi connectivity index (χ2v) is 14.8. The lowest BCUT2D eigenvalue weighted by Crippen LogP contribution is -2.61. The highest BCUT2D eigenvalue weighted by Crippen LogP contribution is 2.55. The predicted octanol–water partition coefficient (Wildman–Crippen LogP) is 6.98. The van der Waals surface area contributed by atoms with Crippen molar-refractivity contribution in [3.8, 4) is 0 Å². The van der Waals surface area contributed by atoms with Gasteiger partial charge in [0.15, 0.2) is 6.29 Å². The number of urea groups is 1. The van der Waals surface area contributed by atoms with E-state index >= 15 is 0 Å². The minimum absolute atomic E-state index is 0.00986. The number of hydrogen-bond donors (Lipinski definition) is 4. The first-order valence-corrected chi connectivity index (χ1v) is 17.4. The van der Waals surface area contributed by atoms with Crippen LogP contribution in [-0.4, -0.2) is 39.6 Å². The van der Waals surface area contributed by atoms with Crippen LogP contribution in [0.4, 0.5) is 4.79 Å². The first-order valence-electron chi connectivity index (χ1n) is 16.4. The van der Waals surface area contributed by atoms with Gasteiger partial charge in [-0.15, -0.1) is 11.8 Å². The number of aromatic carboxylic acids is 1. The molecule has 0 unspecified atom stereocenters. The van der Waals surface area contributed by atoms with Gasteiger partial charge in [-0.05, 0) is 97.2 Å². The average Bonchev–Trinajstić information content (AvgIpc) is 3.06. The van der Waals surface area contributed by atoms with Gasteiger partial charge in [0.05, 0.1) is 24.4 Å². The van der Waals surface area contributed by atoms with Crippen molar-refractivity contribution < 1.29 is 29.3 Å². The van der Waals surface area contributed by atoms with E-state index in [1.54, 1.807) is 23.9 Å². The highest BCUT2D eigenvalue weighted by molar-refractivity contribution is 7.99. The van der Waals surface area contributed by atoms with Crippen LogP contribution in [0.5, 0.6) is 0 Å². The molecule has 4 saturated carbocycles. The van der Waals surface area contributed by atoms with Crippen LogP contribution in [0.15, 0.2) is 77.7 Å². The maximum absolute atomic E-state index is 13.0. The summed E-state index contributed by atoms with van der Waals surface area (Å²) in [7, 11) is 0. The SMILES string of the molecule is O=C(NCc1ccc([C@H]2O[C@@H](CSc3ccc(C(=O)O)cc3)C[C@@H](c3ccc(CO)cc3)O2)cc1)NC12CC3CC(CC(C3)C1)C2. The highest BCUT2D eigenvalue weighted by Gasteiger charge is 2.51. The third-order valence-electron chi connectivity index (χ3n) is 10.3. The van der Waals surface area contributed by atoms with Crippen molar-refractivity contribution in [3.63, 3.8) is 0 Å². The Morgan fingerprint density at radius 3 is 2.00 bits per heavy atom. The van der Waals surface area contributed by atoms with Gasteiger partial charge in [-0.2, -0.15) is 0 Å². The van der Waals surface area contributed by atoms with E-state index in [0.717, 1.165) is 64.2 Å².